The number of hydrogen-bond acceptors (Lipinski definition) is 2. The highest BCUT2D eigenvalue weighted by Gasteiger charge is 2.12. The molecule has 0 aliphatic heterocycles. The summed E-state index contributed by atoms with van der Waals surface area (Å²) in [4.78, 5) is 11.1. The molecule has 2 aromatic carbocycles. The summed E-state index contributed by atoms with van der Waals surface area (Å²) in [6, 6.07) is 13.5. The fraction of sp³-hybridized carbons (Fsp3) is 0.133. The Morgan fingerprint density at radius 1 is 1.06 bits per heavy atom. The van der Waals surface area contributed by atoms with Gasteiger partial charge >= 0.3 is 0 Å². The molecule has 0 aliphatic carbocycles. The van der Waals surface area contributed by atoms with Gasteiger partial charge in [0, 0.05) is 11.1 Å². The minimum atomic E-state index is 0.652. The molecule has 2 aromatic rings. The first-order chi connectivity index (χ1) is 8.27. The van der Waals surface area contributed by atoms with E-state index in [-0.39, 0.29) is 0 Å². The Balaban J connectivity index is 2.73. The van der Waals surface area contributed by atoms with Crippen LogP contribution >= 0.6 is 0 Å². The van der Waals surface area contributed by atoms with Crippen LogP contribution in [0.2, 0.25) is 0 Å². The fourth-order valence-corrected chi connectivity index (χ4v) is 1.96. The largest absolute Gasteiger partial charge is 0.496 e. The molecule has 0 unspecified atom stereocenters. The van der Waals surface area contributed by atoms with E-state index in [0.717, 1.165) is 28.7 Å². The summed E-state index contributed by atoms with van der Waals surface area (Å²) >= 11 is 0. The number of carbonyl (C=O) groups excluding carboxylic acids is 1. The van der Waals surface area contributed by atoms with Crippen molar-refractivity contribution in [3.8, 4) is 16.9 Å². The predicted octanol–water partition coefficient (Wildman–Crippen LogP) is 3.48. The lowest BCUT2D eigenvalue weighted by Gasteiger charge is -2.12. The first-order valence-electron chi connectivity index (χ1n) is 5.46. The molecule has 0 aromatic heterocycles. The third-order valence-corrected chi connectivity index (χ3v) is 2.82. The molecule has 0 atom stereocenters. The van der Waals surface area contributed by atoms with Crippen molar-refractivity contribution in [2.24, 2.45) is 0 Å². The van der Waals surface area contributed by atoms with E-state index in [2.05, 4.69) is 0 Å². The van der Waals surface area contributed by atoms with E-state index >= 15 is 0 Å². The van der Waals surface area contributed by atoms with Crippen LogP contribution in [0.25, 0.3) is 11.1 Å². The van der Waals surface area contributed by atoms with Gasteiger partial charge in [0.15, 0.2) is 6.29 Å². The maximum absolute atomic E-state index is 11.1. The number of carbonyl (C=O) groups is 1. The normalized spacial score (nSPS) is 10.0. The van der Waals surface area contributed by atoms with Crippen molar-refractivity contribution >= 4 is 6.29 Å². The van der Waals surface area contributed by atoms with Crippen LogP contribution in [0, 0.1) is 6.92 Å². The topological polar surface area (TPSA) is 26.3 Å². The minimum Gasteiger partial charge on any atom is -0.496 e. The van der Waals surface area contributed by atoms with Gasteiger partial charge in [-0.25, -0.2) is 0 Å². The van der Waals surface area contributed by atoms with Crippen molar-refractivity contribution in [1.82, 2.24) is 0 Å². The molecule has 0 saturated heterocycles. The minimum absolute atomic E-state index is 0.652. The van der Waals surface area contributed by atoms with Gasteiger partial charge in [-0.05, 0) is 24.1 Å². The second kappa shape index (κ2) is 4.83. The molecule has 17 heavy (non-hydrogen) atoms. The van der Waals surface area contributed by atoms with Gasteiger partial charge in [0.05, 0.1) is 7.11 Å². The Morgan fingerprint density at radius 2 is 1.82 bits per heavy atom. The van der Waals surface area contributed by atoms with Gasteiger partial charge in [-0.15, -0.1) is 0 Å². The zero-order valence-corrected chi connectivity index (χ0v) is 9.94. The lowest BCUT2D eigenvalue weighted by molar-refractivity contribution is 0.112. The maximum Gasteiger partial charge on any atom is 0.150 e. The molecule has 0 saturated carbocycles. The van der Waals surface area contributed by atoms with Crippen LogP contribution in [0.3, 0.4) is 0 Å². The van der Waals surface area contributed by atoms with E-state index in [1.54, 1.807) is 13.2 Å². The zero-order valence-electron chi connectivity index (χ0n) is 9.94. The second-order valence-corrected chi connectivity index (χ2v) is 3.86. The van der Waals surface area contributed by atoms with Crippen LogP contribution in [0.4, 0.5) is 0 Å². The summed E-state index contributed by atoms with van der Waals surface area (Å²) in [5, 5.41) is 0. The van der Waals surface area contributed by atoms with Crippen molar-refractivity contribution < 1.29 is 9.53 Å². The molecule has 0 aliphatic rings. The molecular formula is C15H14O2. The van der Waals surface area contributed by atoms with Crippen LogP contribution in [-0.2, 0) is 0 Å². The van der Waals surface area contributed by atoms with Gasteiger partial charge in [0.25, 0.3) is 0 Å². The lowest BCUT2D eigenvalue weighted by atomic mass is 9.95. The Hall–Kier alpha value is -2.09. The van der Waals surface area contributed by atoms with Crippen molar-refractivity contribution in [2.75, 3.05) is 7.11 Å². The van der Waals surface area contributed by atoms with Crippen molar-refractivity contribution in [3.05, 3.63) is 53.6 Å². The summed E-state index contributed by atoms with van der Waals surface area (Å²) in [6.07, 6.45) is 0.865. The first-order valence-corrected chi connectivity index (χ1v) is 5.46. The zero-order chi connectivity index (χ0) is 12.3. The summed E-state index contributed by atoms with van der Waals surface area (Å²) in [7, 11) is 1.62. The Labute approximate surface area is 101 Å². The van der Waals surface area contributed by atoms with Crippen LogP contribution in [-0.4, -0.2) is 13.4 Å². The molecule has 0 amide bonds. The monoisotopic (exact) mass is 226 g/mol. The Kier molecular flexibility index (Phi) is 3.24. The van der Waals surface area contributed by atoms with Crippen LogP contribution in [0.15, 0.2) is 42.5 Å². The summed E-state index contributed by atoms with van der Waals surface area (Å²) < 4.78 is 5.34. The molecule has 2 heteroatoms. The van der Waals surface area contributed by atoms with Gasteiger partial charge in [-0.3, -0.25) is 4.79 Å². The molecule has 0 N–H and O–H groups in total. The van der Waals surface area contributed by atoms with Gasteiger partial charge in [-0.2, -0.15) is 0 Å². The molecule has 2 rings (SSSR count). The van der Waals surface area contributed by atoms with Crippen molar-refractivity contribution in [3.63, 3.8) is 0 Å². The first kappa shape index (κ1) is 11.4. The van der Waals surface area contributed by atoms with E-state index in [9.17, 15) is 4.79 Å². The molecule has 0 radical (unpaired) electrons. The highest BCUT2D eigenvalue weighted by atomic mass is 16.5. The third-order valence-electron chi connectivity index (χ3n) is 2.82. The average molecular weight is 226 g/mol. The predicted molar refractivity (Wildman–Crippen MR) is 68.6 cm³/mol. The SMILES string of the molecule is COc1cccc(C=O)c1-c1ccccc1C. The van der Waals surface area contributed by atoms with Crippen LogP contribution in [0.5, 0.6) is 5.75 Å². The number of ether oxygens (including phenoxy) is 1. The van der Waals surface area contributed by atoms with Crippen LogP contribution < -0.4 is 4.74 Å². The number of aryl methyl sites for hydroxylation is 1. The lowest BCUT2D eigenvalue weighted by Crippen LogP contribution is -1.94. The average Bonchev–Trinajstić information content (AvgIpc) is 2.38. The quantitative estimate of drug-likeness (QED) is 0.749. The summed E-state index contributed by atoms with van der Waals surface area (Å²) in [5.74, 6) is 0.726. The van der Waals surface area contributed by atoms with Gasteiger partial charge in [-0.1, -0.05) is 36.4 Å². The van der Waals surface area contributed by atoms with Crippen LogP contribution in [0.1, 0.15) is 15.9 Å². The van der Waals surface area contributed by atoms with Gasteiger partial charge in [0.1, 0.15) is 5.75 Å². The van der Waals surface area contributed by atoms with Crippen molar-refractivity contribution in [1.29, 1.82) is 0 Å². The fourth-order valence-electron chi connectivity index (χ4n) is 1.96. The number of hydrogen-bond donors (Lipinski definition) is 0. The standard InChI is InChI=1S/C15H14O2/c1-11-6-3-4-8-13(11)15-12(10-16)7-5-9-14(15)17-2/h3-10H,1-2H3. The summed E-state index contributed by atoms with van der Waals surface area (Å²) in [6.45, 7) is 2.02. The molecule has 0 fully saturated rings. The number of aldehydes is 1. The van der Waals surface area contributed by atoms with Crippen molar-refractivity contribution in [2.45, 2.75) is 6.92 Å². The summed E-state index contributed by atoms with van der Waals surface area (Å²) in [5.41, 5.74) is 3.67. The number of rotatable bonds is 3. The highest BCUT2D eigenvalue weighted by Crippen LogP contribution is 2.34. The van der Waals surface area contributed by atoms with E-state index in [1.807, 2.05) is 43.3 Å². The molecule has 0 spiro atoms. The van der Waals surface area contributed by atoms with E-state index in [4.69, 9.17) is 4.74 Å². The Morgan fingerprint density at radius 3 is 2.47 bits per heavy atom. The van der Waals surface area contributed by atoms with E-state index in [1.165, 1.54) is 0 Å². The maximum atomic E-state index is 11.1. The highest BCUT2D eigenvalue weighted by molar-refractivity contribution is 5.91. The molecule has 86 valence electrons. The molecule has 0 bridgehead atoms. The van der Waals surface area contributed by atoms with E-state index in [0.29, 0.717) is 5.56 Å². The van der Waals surface area contributed by atoms with Gasteiger partial charge < -0.3 is 4.74 Å². The molecule has 0 heterocycles. The second-order valence-electron chi connectivity index (χ2n) is 3.86. The Bertz CT molecular complexity index is 544. The molecular weight excluding hydrogens is 212 g/mol. The van der Waals surface area contributed by atoms with E-state index < -0.39 is 0 Å². The smallest absolute Gasteiger partial charge is 0.150 e. The number of benzene rings is 2. The molecule has 2 nitrogen and oxygen atoms in total. The van der Waals surface area contributed by atoms with Gasteiger partial charge in [0.2, 0.25) is 0 Å². The number of methoxy groups -OCH3 is 1. The third kappa shape index (κ3) is 2.07.